The first-order chi connectivity index (χ1) is 7.65. The third-order valence-corrected chi connectivity index (χ3v) is 3.91. The van der Waals surface area contributed by atoms with Gasteiger partial charge < -0.3 is 4.74 Å². The highest BCUT2D eigenvalue weighted by atomic mass is 35.5. The summed E-state index contributed by atoms with van der Waals surface area (Å²) in [5.41, 5.74) is 2.22. The van der Waals surface area contributed by atoms with E-state index in [9.17, 15) is 4.39 Å². The largest absolute Gasteiger partial charge is 0.381 e. The van der Waals surface area contributed by atoms with Gasteiger partial charge in [0, 0.05) is 17.9 Å². The monoisotopic (exact) mass is 242 g/mol. The van der Waals surface area contributed by atoms with Crippen LogP contribution in [0.4, 0.5) is 4.39 Å². The molecule has 0 amide bonds. The van der Waals surface area contributed by atoms with Crippen LogP contribution in [-0.4, -0.2) is 19.1 Å². The van der Waals surface area contributed by atoms with Crippen LogP contribution in [0.1, 0.15) is 17.5 Å². The van der Waals surface area contributed by atoms with Gasteiger partial charge in [-0.3, -0.25) is 0 Å². The summed E-state index contributed by atoms with van der Waals surface area (Å²) in [5.74, 6) is 0.424. The van der Waals surface area contributed by atoms with Gasteiger partial charge in [-0.15, -0.1) is 11.6 Å². The lowest BCUT2D eigenvalue weighted by molar-refractivity contribution is 0.161. The topological polar surface area (TPSA) is 9.23 Å². The molecule has 1 aromatic rings. The highest BCUT2D eigenvalue weighted by Crippen LogP contribution is 2.34. The number of hydrogen-bond donors (Lipinski definition) is 0. The van der Waals surface area contributed by atoms with Crippen LogP contribution in [0.25, 0.3) is 0 Å². The molecule has 1 heterocycles. The number of benzene rings is 1. The van der Waals surface area contributed by atoms with E-state index in [1.807, 2.05) is 13.0 Å². The van der Waals surface area contributed by atoms with E-state index in [0.29, 0.717) is 12.5 Å². The van der Waals surface area contributed by atoms with Gasteiger partial charge in [0.15, 0.2) is 0 Å². The molecule has 1 aromatic carbocycles. The van der Waals surface area contributed by atoms with Crippen molar-refractivity contribution in [2.24, 2.45) is 5.41 Å². The second-order valence-corrected chi connectivity index (χ2v) is 4.95. The second-order valence-electron chi connectivity index (χ2n) is 4.68. The maximum atomic E-state index is 13.0. The van der Waals surface area contributed by atoms with Gasteiger partial charge in [-0.2, -0.15) is 0 Å². The van der Waals surface area contributed by atoms with E-state index >= 15 is 0 Å². The lowest BCUT2D eigenvalue weighted by atomic mass is 9.82. The molecule has 2 rings (SSSR count). The third-order valence-electron chi connectivity index (χ3n) is 3.34. The molecule has 1 aliphatic heterocycles. The Morgan fingerprint density at radius 3 is 2.88 bits per heavy atom. The molecule has 1 nitrogen and oxygen atoms in total. The summed E-state index contributed by atoms with van der Waals surface area (Å²) in [6.07, 6.45) is 1.87. The fraction of sp³-hybridized carbons (Fsp3) is 0.538. The summed E-state index contributed by atoms with van der Waals surface area (Å²) in [6.45, 7) is 3.44. The van der Waals surface area contributed by atoms with Crippen molar-refractivity contribution in [3.63, 3.8) is 0 Å². The Labute approximate surface area is 101 Å². The molecule has 1 aliphatic rings. The standard InChI is InChI=1S/C13H16ClFO/c1-10-6-12(15)3-2-11(10)7-13(8-14)4-5-16-9-13/h2-3,6H,4-5,7-9H2,1H3. The SMILES string of the molecule is Cc1cc(F)ccc1CC1(CCl)CCOC1. The van der Waals surface area contributed by atoms with Gasteiger partial charge in [0.1, 0.15) is 5.82 Å². The van der Waals surface area contributed by atoms with E-state index in [4.69, 9.17) is 16.3 Å². The van der Waals surface area contributed by atoms with Crippen LogP contribution in [0.5, 0.6) is 0 Å². The average molecular weight is 243 g/mol. The fourth-order valence-corrected chi connectivity index (χ4v) is 2.51. The van der Waals surface area contributed by atoms with Crippen LogP contribution in [-0.2, 0) is 11.2 Å². The van der Waals surface area contributed by atoms with Crippen LogP contribution < -0.4 is 0 Å². The molecule has 88 valence electrons. The number of aryl methyl sites for hydroxylation is 1. The molecule has 3 heteroatoms. The highest BCUT2D eigenvalue weighted by molar-refractivity contribution is 6.18. The number of ether oxygens (including phenoxy) is 1. The van der Waals surface area contributed by atoms with E-state index in [0.717, 1.165) is 25.0 Å². The minimum atomic E-state index is -0.177. The highest BCUT2D eigenvalue weighted by Gasteiger charge is 2.34. The lowest BCUT2D eigenvalue weighted by Gasteiger charge is -2.25. The summed E-state index contributed by atoms with van der Waals surface area (Å²) in [6, 6.07) is 4.95. The van der Waals surface area contributed by atoms with Gasteiger partial charge in [-0.1, -0.05) is 6.07 Å². The van der Waals surface area contributed by atoms with Crippen LogP contribution in [0.2, 0.25) is 0 Å². The Kier molecular flexibility index (Phi) is 3.50. The Morgan fingerprint density at radius 2 is 2.31 bits per heavy atom. The van der Waals surface area contributed by atoms with E-state index in [1.54, 1.807) is 6.07 Å². The normalized spacial score (nSPS) is 24.9. The molecule has 0 spiro atoms. The maximum Gasteiger partial charge on any atom is 0.123 e. The molecule has 1 atom stereocenters. The molecule has 1 saturated heterocycles. The van der Waals surface area contributed by atoms with Gasteiger partial charge in [-0.25, -0.2) is 4.39 Å². The molecular formula is C13H16ClFO. The first-order valence-corrected chi connectivity index (χ1v) is 6.07. The van der Waals surface area contributed by atoms with Gasteiger partial charge in [0.25, 0.3) is 0 Å². The quantitative estimate of drug-likeness (QED) is 0.739. The van der Waals surface area contributed by atoms with Gasteiger partial charge in [0.05, 0.1) is 6.61 Å². The Hall–Kier alpha value is -0.600. The Morgan fingerprint density at radius 1 is 1.50 bits per heavy atom. The van der Waals surface area contributed by atoms with Gasteiger partial charge in [-0.05, 0) is 43.0 Å². The molecule has 0 aromatic heterocycles. The van der Waals surface area contributed by atoms with Crippen LogP contribution in [0, 0.1) is 18.2 Å². The summed E-state index contributed by atoms with van der Waals surface area (Å²) >= 11 is 6.04. The first-order valence-electron chi connectivity index (χ1n) is 5.54. The molecule has 1 fully saturated rings. The summed E-state index contributed by atoms with van der Waals surface area (Å²) in [7, 11) is 0. The van der Waals surface area contributed by atoms with Crippen LogP contribution >= 0.6 is 11.6 Å². The van der Waals surface area contributed by atoms with Crippen LogP contribution in [0.15, 0.2) is 18.2 Å². The zero-order chi connectivity index (χ0) is 11.6. The number of rotatable bonds is 3. The molecule has 0 radical (unpaired) electrons. The fourth-order valence-electron chi connectivity index (χ4n) is 2.20. The molecule has 0 aliphatic carbocycles. The molecule has 16 heavy (non-hydrogen) atoms. The van der Waals surface area contributed by atoms with E-state index < -0.39 is 0 Å². The first kappa shape index (κ1) is 11.9. The number of alkyl halides is 1. The predicted octanol–water partition coefficient (Wildman–Crippen LogP) is 3.32. The average Bonchev–Trinajstić information content (AvgIpc) is 2.72. The Bertz CT molecular complexity index is 372. The summed E-state index contributed by atoms with van der Waals surface area (Å²) in [5, 5.41) is 0. The lowest BCUT2D eigenvalue weighted by Crippen LogP contribution is -2.26. The zero-order valence-electron chi connectivity index (χ0n) is 9.43. The summed E-state index contributed by atoms with van der Waals surface area (Å²) in [4.78, 5) is 0. The maximum absolute atomic E-state index is 13.0. The second kappa shape index (κ2) is 4.72. The van der Waals surface area contributed by atoms with Crippen molar-refractivity contribution >= 4 is 11.6 Å². The third kappa shape index (κ3) is 2.38. The van der Waals surface area contributed by atoms with Crippen molar-refractivity contribution in [1.82, 2.24) is 0 Å². The van der Waals surface area contributed by atoms with Crippen molar-refractivity contribution in [1.29, 1.82) is 0 Å². The molecule has 0 N–H and O–H groups in total. The van der Waals surface area contributed by atoms with Crippen LogP contribution in [0.3, 0.4) is 0 Å². The number of halogens is 2. The van der Waals surface area contributed by atoms with Crippen molar-refractivity contribution in [2.75, 3.05) is 19.1 Å². The minimum Gasteiger partial charge on any atom is -0.381 e. The minimum absolute atomic E-state index is 0.0458. The van der Waals surface area contributed by atoms with Crippen molar-refractivity contribution in [3.8, 4) is 0 Å². The van der Waals surface area contributed by atoms with Crippen molar-refractivity contribution in [3.05, 3.63) is 35.1 Å². The molecule has 0 saturated carbocycles. The van der Waals surface area contributed by atoms with E-state index in [1.165, 1.54) is 11.6 Å². The van der Waals surface area contributed by atoms with E-state index in [-0.39, 0.29) is 11.2 Å². The van der Waals surface area contributed by atoms with Gasteiger partial charge in [0.2, 0.25) is 0 Å². The van der Waals surface area contributed by atoms with Gasteiger partial charge >= 0.3 is 0 Å². The predicted molar refractivity (Wildman–Crippen MR) is 63.4 cm³/mol. The van der Waals surface area contributed by atoms with Crippen molar-refractivity contribution in [2.45, 2.75) is 19.8 Å². The van der Waals surface area contributed by atoms with E-state index in [2.05, 4.69) is 0 Å². The number of hydrogen-bond acceptors (Lipinski definition) is 1. The molecular weight excluding hydrogens is 227 g/mol. The zero-order valence-corrected chi connectivity index (χ0v) is 10.2. The van der Waals surface area contributed by atoms with Crippen molar-refractivity contribution < 1.29 is 9.13 Å². The smallest absolute Gasteiger partial charge is 0.123 e. The molecule has 1 unspecified atom stereocenters. The summed E-state index contributed by atoms with van der Waals surface area (Å²) < 4.78 is 18.4. The molecule has 0 bridgehead atoms. The Balaban J connectivity index is 2.19.